The number of esters is 2. The number of rotatable bonds is 9. The van der Waals surface area contributed by atoms with Crippen molar-refractivity contribution in [1.82, 2.24) is 4.72 Å². The van der Waals surface area contributed by atoms with E-state index in [0.717, 1.165) is 37.7 Å². The second kappa shape index (κ2) is 10.2. The number of sulfonamides is 1. The average molecular weight is 435 g/mol. The first-order valence-electron chi connectivity index (χ1n) is 9.23. The Kier molecular flexibility index (Phi) is 7.96. The minimum atomic E-state index is -3.97. The van der Waals surface area contributed by atoms with Crippen LogP contribution in [0, 0.1) is 0 Å². The van der Waals surface area contributed by atoms with Gasteiger partial charge < -0.3 is 14.2 Å². The summed E-state index contributed by atoms with van der Waals surface area (Å²) < 4.78 is 42.7. The third-order valence-electron chi connectivity index (χ3n) is 4.06. The van der Waals surface area contributed by atoms with E-state index in [2.05, 4.69) is 14.2 Å². The van der Waals surface area contributed by atoms with Crippen molar-refractivity contribution < 1.29 is 32.2 Å². The molecule has 0 aromatic heterocycles. The second-order valence-electron chi connectivity index (χ2n) is 6.69. The maximum absolute atomic E-state index is 12.7. The van der Waals surface area contributed by atoms with Crippen LogP contribution in [0.2, 0.25) is 0 Å². The summed E-state index contributed by atoms with van der Waals surface area (Å²) in [5.74, 6) is -0.786. The minimum absolute atomic E-state index is 0.0679. The van der Waals surface area contributed by atoms with Crippen molar-refractivity contribution >= 4 is 22.0 Å². The first-order valence-corrected chi connectivity index (χ1v) is 10.7. The van der Waals surface area contributed by atoms with E-state index in [9.17, 15) is 18.0 Å². The van der Waals surface area contributed by atoms with E-state index in [0.29, 0.717) is 6.42 Å². The predicted molar refractivity (Wildman–Crippen MR) is 110 cm³/mol. The molecule has 0 heterocycles. The molecule has 0 aliphatic rings. The van der Waals surface area contributed by atoms with Crippen molar-refractivity contribution in [1.29, 1.82) is 0 Å². The molecule has 0 fully saturated rings. The Morgan fingerprint density at radius 3 is 1.93 bits per heavy atom. The Hall–Kier alpha value is -2.91. The van der Waals surface area contributed by atoms with Gasteiger partial charge in [-0.3, -0.25) is 0 Å². The highest BCUT2D eigenvalue weighted by Gasteiger charge is 2.21. The third kappa shape index (κ3) is 6.30. The Morgan fingerprint density at radius 1 is 0.933 bits per heavy atom. The van der Waals surface area contributed by atoms with Crippen LogP contribution in [0.15, 0.2) is 47.4 Å². The van der Waals surface area contributed by atoms with E-state index in [1.807, 2.05) is 38.1 Å². The average Bonchev–Trinajstić information content (AvgIpc) is 2.73. The van der Waals surface area contributed by atoms with E-state index in [1.54, 1.807) is 0 Å². The predicted octanol–water partition coefficient (Wildman–Crippen LogP) is 2.57. The van der Waals surface area contributed by atoms with Gasteiger partial charge in [-0.2, -0.15) is 0 Å². The van der Waals surface area contributed by atoms with Gasteiger partial charge in [-0.15, -0.1) is 0 Å². The number of methoxy groups -OCH3 is 2. The molecule has 30 heavy (non-hydrogen) atoms. The minimum Gasteiger partial charge on any atom is -0.491 e. The lowest BCUT2D eigenvalue weighted by Gasteiger charge is -2.11. The number of benzene rings is 2. The number of carbonyl (C=O) groups is 2. The molecule has 0 radical (unpaired) electrons. The van der Waals surface area contributed by atoms with Crippen molar-refractivity contribution in [2.75, 3.05) is 20.8 Å². The van der Waals surface area contributed by atoms with Crippen molar-refractivity contribution in [3.8, 4) is 5.75 Å². The Labute approximate surface area is 176 Å². The van der Waals surface area contributed by atoms with Crippen LogP contribution < -0.4 is 9.46 Å². The molecular formula is C21H25NO7S. The molecule has 0 saturated carbocycles. The number of hydrogen-bond acceptors (Lipinski definition) is 7. The number of nitrogens with one attached hydrogen (secondary N) is 1. The zero-order chi connectivity index (χ0) is 22.3. The molecule has 0 unspecified atom stereocenters. The van der Waals surface area contributed by atoms with Gasteiger partial charge in [-0.25, -0.2) is 22.7 Å². The Morgan fingerprint density at radius 2 is 1.47 bits per heavy atom. The Bertz CT molecular complexity index is 964. The van der Waals surface area contributed by atoms with Crippen molar-refractivity contribution in [2.45, 2.75) is 31.3 Å². The molecule has 162 valence electrons. The smallest absolute Gasteiger partial charge is 0.337 e. The third-order valence-corrected chi connectivity index (χ3v) is 5.50. The number of hydrogen-bond donors (Lipinski definition) is 1. The van der Waals surface area contributed by atoms with Gasteiger partial charge in [0.25, 0.3) is 0 Å². The topological polar surface area (TPSA) is 108 Å². The molecule has 0 aliphatic heterocycles. The lowest BCUT2D eigenvalue weighted by atomic mass is 10.1. The largest absolute Gasteiger partial charge is 0.491 e. The van der Waals surface area contributed by atoms with Crippen molar-refractivity contribution in [3.05, 3.63) is 59.2 Å². The maximum atomic E-state index is 12.7. The first-order chi connectivity index (χ1) is 14.2. The molecule has 2 aromatic carbocycles. The molecule has 8 nitrogen and oxygen atoms in total. The molecule has 0 aliphatic carbocycles. The normalized spacial score (nSPS) is 11.2. The van der Waals surface area contributed by atoms with E-state index in [4.69, 9.17) is 4.74 Å². The van der Waals surface area contributed by atoms with Crippen molar-refractivity contribution in [2.24, 2.45) is 0 Å². The standard InChI is InChI=1S/C21H25NO7S/c1-14(2)29-18-7-5-15(6-8-18)9-10-22-30(25,26)19-12-16(20(23)27-3)11-17(13-19)21(24)28-4/h5-8,11-14,22H,9-10H2,1-4H3. The van der Waals surface area contributed by atoms with Crippen LogP contribution in [0.1, 0.15) is 40.1 Å². The zero-order valence-electron chi connectivity index (χ0n) is 17.3. The second-order valence-corrected chi connectivity index (χ2v) is 8.45. The van der Waals surface area contributed by atoms with Gasteiger partial charge in [0, 0.05) is 6.54 Å². The fourth-order valence-corrected chi connectivity index (χ4v) is 3.75. The summed E-state index contributed by atoms with van der Waals surface area (Å²) in [5.41, 5.74) is 0.787. The number of ether oxygens (including phenoxy) is 3. The lowest BCUT2D eigenvalue weighted by Crippen LogP contribution is -2.26. The SMILES string of the molecule is COC(=O)c1cc(C(=O)OC)cc(S(=O)(=O)NCCc2ccc(OC(C)C)cc2)c1. The van der Waals surface area contributed by atoms with E-state index in [1.165, 1.54) is 6.07 Å². The molecule has 2 aromatic rings. The van der Waals surface area contributed by atoms with Gasteiger partial charge in [-0.1, -0.05) is 12.1 Å². The van der Waals surface area contributed by atoms with Crippen LogP contribution in [0.5, 0.6) is 5.75 Å². The highest BCUT2D eigenvalue weighted by molar-refractivity contribution is 7.89. The quantitative estimate of drug-likeness (QED) is 0.603. The van der Waals surface area contributed by atoms with Crippen LogP contribution in [0.3, 0.4) is 0 Å². The van der Waals surface area contributed by atoms with Crippen molar-refractivity contribution in [3.63, 3.8) is 0 Å². The van der Waals surface area contributed by atoms with Gasteiger partial charge >= 0.3 is 11.9 Å². The maximum Gasteiger partial charge on any atom is 0.337 e. The fourth-order valence-electron chi connectivity index (χ4n) is 2.65. The molecule has 0 atom stereocenters. The monoisotopic (exact) mass is 435 g/mol. The van der Waals surface area contributed by atoms with Crippen LogP contribution in [-0.2, 0) is 25.9 Å². The summed E-state index contributed by atoms with van der Waals surface area (Å²) in [6.45, 7) is 4.00. The molecule has 9 heteroatoms. The molecule has 0 bridgehead atoms. The summed E-state index contributed by atoms with van der Waals surface area (Å²) >= 11 is 0. The van der Waals surface area contributed by atoms with Gasteiger partial charge in [0.05, 0.1) is 36.3 Å². The van der Waals surface area contributed by atoms with Gasteiger partial charge in [0.15, 0.2) is 0 Å². The van der Waals surface area contributed by atoms with Crippen LogP contribution >= 0.6 is 0 Å². The summed E-state index contributed by atoms with van der Waals surface area (Å²) in [5, 5.41) is 0. The summed E-state index contributed by atoms with van der Waals surface area (Å²) in [7, 11) is -1.65. The first kappa shape index (κ1) is 23.4. The highest BCUT2D eigenvalue weighted by atomic mass is 32.2. The molecule has 0 saturated heterocycles. The summed E-state index contributed by atoms with van der Waals surface area (Å²) in [4.78, 5) is 23.5. The molecule has 0 amide bonds. The van der Waals surface area contributed by atoms with Crippen LogP contribution in [-0.4, -0.2) is 47.2 Å². The zero-order valence-corrected chi connectivity index (χ0v) is 18.1. The van der Waals surface area contributed by atoms with Crippen LogP contribution in [0.4, 0.5) is 0 Å². The summed E-state index contributed by atoms with van der Waals surface area (Å²) in [6.07, 6.45) is 0.514. The van der Waals surface area contributed by atoms with Crippen LogP contribution in [0.25, 0.3) is 0 Å². The number of carbonyl (C=O) groups excluding carboxylic acids is 2. The Balaban J connectivity index is 2.14. The molecular weight excluding hydrogens is 410 g/mol. The van der Waals surface area contributed by atoms with E-state index < -0.39 is 22.0 Å². The summed E-state index contributed by atoms with van der Waals surface area (Å²) in [6, 6.07) is 10.9. The van der Waals surface area contributed by atoms with Gasteiger partial charge in [0.1, 0.15) is 5.75 Å². The van der Waals surface area contributed by atoms with Gasteiger partial charge in [0.2, 0.25) is 10.0 Å². The highest BCUT2D eigenvalue weighted by Crippen LogP contribution is 2.18. The molecule has 2 rings (SSSR count). The fraction of sp³-hybridized carbons (Fsp3) is 0.333. The van der Waals surface area contributed by atoms with Gasteiger partial charge in [-0.05, 0) is 56.2 Å². The van der Waals surface area contributed by atoms with E-state index in [-0.39, 0.29) is 28.7 Å². The molecule has 0 spiro atoms. The lowest BCUT2D eigenvalue weighted by molar-refractivity contribution is 0.0598. The van der Waals surface area contributed by atoms with E-state index >= 15 is 0 Å². The molecule has 1 N–H and O–H groups in total.